The highest BCUT2D eigenvalue weighted by molar-refractivity contribution is 6.61. The highest BCUT2D eigenvalue weighted by Crippen LogP contribution is 2.36. The number of alkyl halides is 2. The van der Waals surface area contributed by atoms with E-state index in [1.54, 1.807) is 12.1 Å². The number of pyridine rings is 1. The first kappa shape index (κ1) is 15.3. The van der Waals surface area contributed by atoms with Gasteiger partial charge >= 0.3 is 7.12 Å². The molecule has 4 nitrogen and oxygen atoms in total. The molecule has 1 aromatic heterocycles. The third-order valence-electron chi connectivity index (χ3n) is 3.90. The van der Waals surface area contributed by atoms with E-state index in [4.69, 9.17) is 15.0 Å². The number of hydrogen-bond donors (Lipinski definition) is 1. The second-order valence-electron chi connectivity index (χ2n) is 5.94. The predicted molar refractivity (Wildman–Crippen MR) is 72.9 cm³/mol. The minimum atomic E-state index is -2.66. The Labute approximate surface area is 117 Å². The minimum Gasteiger partial charge on any atom is -0.398 e. The van der Waals surface area contributed by atoms with Crippen molar-refractivity contribution in [1.29, 1.82) is 0 Å². The summed E-state index contributed by atoms with van der Waals surface area (Å²) in [6.45, 7) is 7.67. The second-order valence-corrected chi connectivity index (χ2v) is 5.94. The van der Waals surface area contributed by atoms with Gasteiger partial charge in [-0.3, -0.25) is 4.98 Å². The number of hydrogen-bond acceptors (Lipinski definition) is 4. The minimum absolute atomic E-state index is 0.132. The Balaban J connectivity index is 2.25. The van der Waals surface area contributed by atoms with Gasteiger partial charge in [-0.05, 0) is 39.8 Å². The summed E-state index contributed by atoms with van der Waals surface area (Å²) in [5.74, 6) is 0. The van der Waals surface area contributed by atoms with Gasteiger partial charge in [-0.1, -0.05) is 6.07 Å². The zero-order valence-corrected chi connectivity index (χ0v) is 12.1. The number of rotatable bonds is 3. The maximum atomic E-state index is 12.6. The first-order chi connectivity index (χ1) is 9.14. The van der Waals surface area contributed by atoms with Crippen molar-refractivity contribution in [2.24, 2.45) is 5.73 Å². The predicted octanol–water partition coefficient (Wildman–Crippen LogP) is 1.65. The van der Waals surface area contributed by atoms with Gasteiger partial charge in [-0.25, -0.2) is 8.78 Å². The molecule has 1 fully saturated rings. The lowest BCUT2D eigenvalue weighted by atomic mass is 9.84. The van der Waals surface area contributed by atoms with Crippen molar-refractivity contribution in [3.05, 3.63) is 23.9 Å². The van der Waals surface area contributed by atoms with Crippen LogP contribution in [-0.2, 0) is 9.31 Å². The number of aromatic nitrogens is 1. The fourth-order valence-corrected chi connectivity index (χ4v) is 1.88. The van der Waals surface area contributed by atoms with Crippen LogP contribution in [0.3, 0.4) is 0 Å². The molecule has 7 heteroatoms. The second kappa shape index (κ2) is 5.05. The van der Waals surface area contributed by atoms with E-state index in [-0.39, 0.29) is 5.69 Å². The number of nitrogens with zero attached hydrogens (tertiary/aromatic N) is 1. The molecule has 1 aromatic rings. The first-order valence-electron chi connectivity index (χ1n) is 6.50. The van der Waals surface area contributed by atoms with E-state index in [2.05, 4.69) is 4.98 Å². The normalized spacial score (nSPS) is 22.3. The van der Waals surface area contributed by atoms with Gasteiger partial charge in [0.1, 0.15) is 6.04 Å². The van der Waals surface area contributed by atoms with E-state index in [0.29, 0.717) is 5.59 Å². The van der Waals surface area contributed by atoms with Gasteiger partial charge in [0.05, 0.1) is 22.5 Å². The molecule has 1 aliphatic heterocycles. The molecule has 1 aliphatic rings. The SMILES string of the molecule is CC1(C)OB(c2cccc(C(N)C(F)F)n2)OC1(C)C. The summed E-state index contributed by atoms with van der Waals surface area (Å²) in [7, 11) is -0.676. The first-order valence-corrected chi connectivity index (χ1v) is 6.50. The molecule has 110 valence electrons. The molecule has 0 saturated carbocycles. The fraction of sp³-hybridized carbons (Fsp3) is 0.615. The molecule has 0 spiro atoms. The summed E-state index contributed by atoms with van der Waals surface area (Å²) in [6.07, 6.45) is -2.66. The Kier molecular flexibility index (Phi) is 3.88. The molecule has 0 aliphatic carbocycles. The Morgan fingerprint density at radius 2 is 1.70 bits per heavy atom. The van der Waals surface area contributed by atoms with Crippen LogP contribution in [0.4, 0.5) is 8.78 Å². The number of nitrogens with two attached hydrogens (primary N) is 1. The van der Waals surface area contributed by atoms with E-state index in [1.807, 2.05) is 27.7 Å². The smallest absolute Gasteiger partial charge is 0.398 e. The Morgan fingerprint density at radius 1 is 1.15 bits per heavy atom. The monoisotopic (exact) mass is 284 g/mol. The third kappa shape index (κ3) is 2.70. The zero-order chi connectivity index (χ0) is 15.1. The molecule has 0 bridgehead atoms. The fourth-order valence-electron chi connectivity index (χ4n) is 1.88. The Morgan fingerprint density at radius 3 is 2.20 bits per heavy atom. The lowest BCUT2D eigenvalue weighted by Crippen LogP contribution is -2.41. The molecule has 2 heterocycles. The van der Waals surface area contributed by atoms with Crippen LogP contribution in [-0.4, -0.2) is 29.7 Å². The topological polar surface area (TPSA) is 57.4 Å². The molecular weight excluding hydrogens is 265 g/mol. The van der Waals surface area contributed by atoms with E-state index in [1.165, 1.54) is 6.07 Å². The van der Waals surface area contributed by atoms with Crippen LogP contribution in [0, 0.1) is 0 Å². The van der Waals surface area contributed by atoms with Crippen molar-refractivity contribution >= 4 is 12.7 Å². The van der Waals surface area contributed by atoms with Crippen LogP contribution in [0.2, 0.25) is 0 Å². The maximum Gasteiger partial charge on any atom is 0.514 e. The molecule has 0 amide bonds. The average molecular weight is 284 g/mol. The summed E-state index contributed by atoms with van der Waals surface area (Å²) in [5, 5.41) is 0. The third-order valence-corrected chi connectivity index (χ3v) is 3.90. The quantitative estimate of drug-likeness (QED) is 0.857. The van der Waals surface area contributed by atoms with Crippen LogP contribution in [0.5, 0.6) is 0 Å². The van der Waals surface area contributed by atoms with E-state index in [0.717, 1.165) is 0 Å². The lowest BCUT2D eigenvalue weighted by molar-refractivity contribution is 0.00578. The molecule has 0 aromatic carbocycles. The van der Waals surface area contributed by atoms with Crippen molar-refractivity contribution < 1.29 is 18.1 Å². The van der Waals surface area contributed by atoms with Crippen molar-refractivity contribution in [1.82, 2.24) is 4.98 Å². The largest absolute Gasteiger partial charge is 0.514 e. The highest BCUT2D eigenvalue weighted by Gasteiger charge is 2.52. The average Bonchev–Trinajstić information content (AvgIpc) is 2.57. The maximum absolute atomic E-state index is 12.6. The van der Waals surface area contributed by atoms with E-state index in [9.17, 15) is 8.78 Å². The van der Waals surface area contributed by atoms with E-state index < -0.39 is 30.8 Å². The summed E-state index contributed by atoms with van der Waals surface area (Å²) in [4.78, 5) is 4.15. The van der Waals surface area contributed by atoms with Gasteiger partial charge < -0.3 is 15.0 Å². The van der Waals surface area contributed by atoms with Crippen LogP contribution in [0.15, 0.2) is 18.2 Å². The van der Waals surface area contributed by atoms with Gasteiger partial charge in [-0.15, -0.1) is 0 Å². The van der Waals surface area contributed by atoms with Gasteiger partial charge in [0.2, 0.25) is 0 Å². The Bertz CT molecular complexity index is 481. The van der Waals surface area contributed by atoms with Crippen LogP contribution < -0.4 is 11.3 Å². The zero-order valence-electron chi connectivity index (χ0n) is 12.1. The number of halogens is 2. The van der Waals surface area contributed by atoms with Gasteiger partial charge in [0.15, 0.2) is 0 Å². The summed E-state index contributed by atoms with van der Waals surface area (Å²) >= 11 is 0. The Hall–Kier alpha value is -1.05. The molecule has 1 unspecified atom stereocenters. The van der Waals surface area contributed by atoms with Gasteiger partial charge in [0, 0.05) is 0 Å². The molecular formula is C13H19BF2N2O2. The molecule has 1 atom stereocenters. The van der Waals surface area contributed by atoms with Crippen LogP contribution in [0.1, 0.15) is 39.4 Å². The van der Waals surface area contributed by atoms with Crippen LogP contribution in [0.25, 0.3) is 0 Å². The van der Waals surface area contributed by atoms with Crippen molar-refractivity contribution in [3.63, 3.8) is 0 Å². The van der Waals surface area contributed by atoms with E-state index >= 15 is 0 Å². The molecule has 20 heavy (non-hydrogen) atoms. The molecule has 0 radical (unpaired) electrons. The van der Waals surface area contributed by atoms with Gasteiger partial charge in [-0.2, -0.15) is 0 Å². The molecule has 2 rings (SSSR count). The molecule has 1 saturated heterocycles. The summed E-state index contributed by atoms with van der Waals surface area (Å²) in [5.41, 5.74) is 5.01. The van der Waals surface area contributed by atoms with Crippen LogP contribution >= 0.6 is 0 Å². The van der Waals surface area contributed by atoms with Crippen molar-refractivity contribution in [2.45, 2.75) is 51.4 Å². The van der Waals surface area contributed by atoms with Crippen molar-refractivity contribution in [3.8, 4) is 0 Å². The molecule has 2 N–H and O–H groups in total. The van der Waals surface area contributed by atoms with Gasteiger partial charge in [0.25, 0.3) is 6.43 Å². The summed E-state index contributed by atoms with van der Waals surface area (Å²) in [6, 6.07) is 3.39. The standard InChI is InChI=1S/C13H19BF2N2O2/c1-12(2)13(3,4)20-14(19-12)9-7-5-6-8(18-9)10(17)11(15)16/h5-7,10-11H,17H2,1-4H3. The summed E-state index contributed by atoms with van der Waals surface area (Å²) < 4.78 is 36.9. The van der Waals surface area contributed by atoms with Crippen molar-refractivity contribution in [2.75, 3.05) is 0 Å². The highest BCUT2D eigenvalue weighted by atomic mass is 19.3. The lowest BCUT2D eigenvalue weighted by Gasteiger charge is -2.32.